The van der Waals surface area contributed by atoms with E-state index in [0.717, 1.165) is 5.69 Å². The number of fused-ring (bicyclic) bond motifs is 2. The molecule has 2 heterocycles. The van der Waals surface area contributed by atoms with E-state index >= 15 is 0 Å². The van der Waals surface area contributed by atoms with Gasteiger partial charge in [-0.3, -0.25) is 4.79 Å². The third kappa shape index (κ3) is 2.44. The zero-order valence-electron chi connectivity index (χ0n) is 12.4. The van der Waals surface area contributed by atoms with Gasteiger partial charge in [0.1, 0.15) is 12.3 Å². The molecule has 0 saturated carbocycles. The summed E-state index contributed by atoms with van der Waals surface area (Å²) in [7, 11) is 0. The number of ether oxygens (including phenoxy) is 1. The second-order valence-electron chi connectivity index (χ2n) is 5.79. The van der Waals surface area contributed by atoms with Gasteiger partial charge in [-0.05, 0) is 24.3 Å². The largest absolute Gasteiger partial charge is 0.457 e. The summed E-state index contributed by atoms with van der Waals surface area (Å²) in [6.07, 6.45) is 0.183. The number of carbonyl (C=O) groups is 2. The standard InChI is InChI=1S/C18H16N2O3/c21-17-14-8-4-5-9-15(14)19-16-10-13(11-20(16)17)23-18(22)12-6-2-1-3-7-12/h1-9,13,16,19H,10-11H2. The SMILES string of the molecule is O=C(OC1CC2Nc3ccccc3C(=O)N2C1)c1ccccc1. The first kappa shape index (κ1) is 13.8. The van der Waals surface area contributed by atoms with Crippen LogP contribution in [0.4, 0.5) is 5.69 Å². The zero-order valence-corrected chi connectivity index (χ0v) is 12.4. The van der Waals surface area contributed by atoms with E-state index in [2.05, 4.69) is 5.32 Å². The lowest BCUT2D eigenvalue weighted by molar-refractivity contribution is 0.0315. The van der Waals surface area contributed by atoms with E-state index in [9.17, 15) is 9.59 Å². The molecule has 5 heteroatoms. The van der Waals surface area contributed by atoms with Gasteiger partial charge in [-0.25, -0.2) is 4.79 Å². The number of hydrogen-bond donors (Lipinski definition) is 1. The Balaban J connectivity index is 1.48. The summed E-state index contributed by atoms with van der Waals surface area (Å²) in [6, 6.07) is 16.4. The molecule has 1 N–H and O–H groups in total. The van der Waals surface area contributed by atoms with Crippen molar-refractivity contribution in [2.45, 2.75) is 18.7 Å². The van der Waals surface area contributed by atoms with E-state index in [1.807, 2.05) is 30.3 Å². The molecule has 2 aliphatic heterocycles. The maximum absolute atomic E-state index is 12.5. The van der Waals surface area contributed by atoms with Gasteiger partial charge in [-0.15, -0.1) is 0 Å². The minimum atomic E-state index is -0.347. The van der Waals surface area contributed by atoms with Crippen molar-refractivity contribution in [1.82, 2.24) is 4.90 Å². The number of carbonyl (C=O) groups excluding carboxylic acids is 2. The van der Waals surface area contributed by atoms with Crippen molar-refractivity contribution in [3.8, 4) is 0 Å². The Morgan fingerprint density at radius 2 is 1.83 bits per heavy atom. The Morgan fingerprint density at radius 3 is 2.65 bits per heavy atom. The molecule has 1 saturated heterocycles. The van der Waals surface area contributed by atoms with E-state index in [-0.39, 0.29) is 24.1 Å². The molecule has 2 aliphatic rings. The van der Waals surface area contributed by atoms with Gasteiger partial charge in [-0.2, -0.15) is 0 Å². The van der Waals surface area contributed by atoms with Gasteiger partial charge in [0.15, 0.2) is 0 Å². The molecule has 116 valence electrons. The number of rotatable bonds is 2. The molecule has 2 aromatic carbocycles. The van der Waals surface area contributed by atoms with Gasteiger partial charge < -0.3 is 15.0 Å². The minimum Gasteiger partial charge on any atom is -0.457 e. The summed E-state index contributed by atoms with van der Waals surface area (Å²) in [4.78, 5) is 26.4. The highest BCUT2D eigenvalue weighted by molar-refractivity contribution is 6.01. The average Bonchev–Trinajstić information content (AvgIpc) is 2.98. The third-order valence-corrected chi connectivity index (χ3v) is 4.29. The lowest BCUT2D eigenvalue weighted by atomic mass is 10.1. The van der Waals surface area contributed by atoms with Crippen LogP contribution < -0.4 is 5.32 Å². The predicted molar refractivity (Wildman–Crippen MR) is 85.2 cm³/mol. The zero-order chi connectivity index (χ0) is 15.8. The maximum atomic E-state index is 12.5. The molecule has 5 nitrogen and oxygen atoms in total. The smallest absolute Gasteiger partial charge is 0.338 e. The third-order valence-electron chi connectivity index (χ3n) is 4.29. The summed E-state index contributed by atoms with van der Waals surface area (Å²) in [5.41, 5.74) is 2.03. The van der Waals surface area contributed by atoms with E-state index in [4.69, 9.17) is 4.74 Å². The number of para-hydroxylation sites is 1. The number of nitrogens with one attached hydrogen (secondary N) is 1. The topological polar surface area (TPSA) is 58.6 Å². The number of hydrogen-bond acceptors (Lipinski definition) is 4. The molecule has 0 aliphatic carbocycles. The number of amides is 1. The molecular weight excluding hydrogens is 292 g/mol. The molecule has 0 spiro atoms. The molecule has 23 heavy (non-hydrogen) atoms. The Morgan fingerprint density at radius 1 is 1.09 bits per heavy atom. The summed E-state index contributed by atoms with van der Waals surface area (Å²) < 4.78 is 5.56. The Kier molecular flexibility index (Phi) is 3.26. The highest BCUT2D eigenvalue weighted by Gasteiger charge is 2.41. The van der Waals surface area contributed by atoms with Crippen LogP contribution in [-0.2, 0) is 4.74 Å². The van der Waals surface area contributed by atoms with Gasteiger partial charge >= 0.3 is 5.97 Å². The van der Waals surface area contributed by atoms with Crippen LogP contribution in [0.1, 0.15) is 27.1 Å². The van der Waals surface area contributed by atoms with Crippen LogP contribution >= 0.6 is 0 Å². The van der Waals surface area contributed by atoms with Gasteiger partial charge in [0.05, 0.1) is 17.7 Å². The fourth-order valence-electron chi connectivity index (χ4n) is 3.17. The van der Waals surface area contributed by atoms with Gasteiger partial charge in [0, 0.05) is 12.1 Å². The predicted octanol–water partition coefficient (Wildman–Crippen LogP) is 2.51. The van der Waals surface area contributed by atoms with E-state index in [1.165, 1.54) is 0 Å². The molecule has 0 radical (unpaired) electrons. The fourth-order valence-corrected chi connectivity index (χ4v) is 3.17. The number of anilines is 1. The molecule has 1 amide bonds. The van der Waals surface area contributed by atoms with Crippen LogP contribution in [0.25, 0.3) is 0 Å². The minimum absolute atomic E-state index is 0.0115. The van der Waals surface area contributed by atoms with Gasteiger partial charge in [0.2, 0.25) is 0 Å². The van der Waals surface area contributed by atoms with Crippen LogP contribution in [-0.4, -0.2) is 35.6 Å². The Labute approximate surface area is 133 Å². The fraction of sp³-hybridized carbons (Fsp3) is 0.222. The molecule has 2 aromatic rings. The summed E-state index contributed by atoms with van der Waals surface area (Å²) in [5, 5.41) is 3.35. The average molecular weight is 308 g/mol. The van der Waals surface area contributed by atoms with Crippen LogP contribution in [0.15, 0.2) is 54.6 Å². The second kappa shape index (κ2) is 5.43. The Hall–Kier alpha value is -2.82. The summed E-state index contributed by atoms with van der Waals surface area (Å²) >= 11 is 0. The van der Waals surface area contributed by atoms with Crippen LogP contribution in [0.5, 0.6) is 0 Å². The summed E-state index contributed by atoms with van der Waals surface area (Å²) in [5.74, 6) is -0.358. The van der Waals surface area contributed by atoms with Crippen molar-refractivity contribution in [3.63, 3.8) is 0 Å². The van der Waals surface area contributed by atoms with Crippen LogP contribution in [0.2, 0.25) is 0 Å². The first-order chi connectivity index (χ1) is 11.2. The van der Waals surface area contributed by atoms with E-state index in [1.54, 1.807) is 29.2 Å². The molecular formula is C18H16N2O3. The van der Waals surface area contributed by atoms with Gasteiger partial charge in [-0.1, -0.05) is 30.3 Å². The van der Waals surface area contributed by atoms with Crippen molar-refractivity contribution >= 4 is 17.6 Å². The van der Waals surface area contributed by atoms with Crippen molar-refractivity contribution in [1.29, 1.82) is 0 Å². The maximum Gasteiger partial charge on any atom is 0.338 e. The first-order valence-electron chi connectivity index (χ1n) is 7.65. The van der Waals surface area contributed by atoms with Crippen molar-refractivity contribution in [3.05, 3.63) is 65.7 Å². The molecule has 0 aromatic heterocycles. The van der Waals surface area contributed by atoms with Crippen LogP contribution in [0, 0.1) is 0 Å². The molecule has 4 rings (SSSR count). The van der Waals surface area contributed by atoms with E-state index < -0.39 is 0 Å². The second-order valence-corrected chi connectivity index (χ2v) is 5.79. The van der Waals surface area contributed by atoms with Crippen molar-refractivity contribution < 1.29 is 14.3 Å². The molecule has 0 bridgehead atoms. The monoisotopic (exact) mass is 308 g/mol. The normalized spacial score (nSPS) is 22.1. The number of benzene rings is 2. The summed E-state index contributed by atoms with van der Waals surface area (Å²) in [6.45, 7) is 0.420. The first-order valence-corrected chi connectivity index (χ1v) is 7.65. The highest BCUT2D eigenvalue weighted by Crippen LogP contribution is 2.31. The number of esters is 1. The Bertz CT molecular complexity index is 760. The molecule has 2 atom stereocenters. The van der Waals surface area contributed by atoms with Crippen molar-refractivity contribution in [2.75, 3.05) is 11.9 Å². The van der Waals surface area contributed by atoms with E-state index in [0.29, 0.717) is 24.1 Å². The number of nitrogens with zero attached hydrogens (tertiary/aromatic N) is 1. The quantitative estimate of drug-likeness (QED) is 0.866. The molecule has 2 unspecified atom stereocenters. The lowest BCUT2D eigenvalue weighted by Gasteiger charge is -2.32. The molecule has 1 fully saturated rings. The van der Waals surface area contributed by atoms with Crippen LogP contribution in [0.3, 0.4) is 0 Å². The highest BCUT2D eigenvalue weighted by atomic mass is 16.5. The lowest BCUT2D eigenvalue weighted by Crippen LogP contribution is -2.44. The van der Waals surface area contributed by atoms with Crippen molar-refractivity contribution in [2.24, 2.45) is 0 Å². The van der Waals surface area contributed by atoms with Gasteiger partial charge in [0.25, 0.3) is 5.91 Å².